The summed E-state index contributed by atoms with van der Waals surface area (Å²) in [5.41, 5.74) is 1.25. The van der Waals surface area contributed by atoms with Gasteiger partial charge in [-0.25, -0.2) is 4.98 Å². The van der Waals surface area contributed by atoms with E-state index in [2.05, 4.69) is 4.98 Å². The van der Waals surface area contributed by atoms with E-state index in [1.165, 1.54) is 23.1 Å². The third kappa shape index (κ3) is 5.93. The molecular formula is C22H29N3O5S2. The number of carbonyl (C=O) groups is 2. The van der Waals surface area contributed by atoms with Crippen molar-refractivity contribution in [2.45, 2.75) is 36.9 Å². The number of rotatable bonds is 8. The van der Waals surface area contributed by atoms with Crippen LogP contribution in [0.25, 0.3) is 0 Å². The van der Waals surface area contributed by atoms with E-state index in [-0.39, 0.29) is 30.5 Å². The first kappa shape index (κ1) is 24.3. The number of aromatic nitrogens is 1. The number of hydrogen-bond donors (Lipinski definition) is 0. The summed E-state index contributed by atoms with van der Waals surface area (Å²) in [5.74, 6) is 1.00. The molecule has 1 unspecified atom stereocenters. The van der Waals surface area contributed by atoms with E-state index in [4.69, 9.17) is 14.2 Å². The molecule has 1 aliphatic heterocycles. The van der Waals surface area contributed by atoms with Crippen LogP contribution >= 0.6 is 23.1 Å². The van der Waals surface area contributed by atoms with Crippen molar-refractivity contribution in [2.75, 3.05) is 40.1 Å². The third-order valence-electron chi connectivity index (χ3n) is 5.16. The average molecular weight is 480 g/mol. The first-order valence-electron chi connectivity index (χ1n) is 10.3. The van der Waals surface area contributed by atoms with Crippen LogP contribution < -0.4 is 9.47 Å². The highest BCUT2D eigenvalue weighted by Crippen LogP contribution is 2.24. The molecule has 1 atom stereocenters. The van der Waals surface area contributed by atoms with Gasteiger partial charge in [-0.05, 0) is 37.8 Å². The van der Waals surface area contributed by atoms with Crippen molar-refractivity contribution in [1.82, 2.24) is 14.8 Å². The van der Waals surface area contributed by atoms with Crippen LogP contribution in [0.1, 0.15) is 29.9 Å². The molecule has 3 rings (SSSR count). The van der Waals surface area contributed by atoms with Crippen LogP contribution in [0.15, 0.2) is 27.9 Å². The van der Waals surface area contributed by atoms with Crippen molar-refractivity contribution in [1.29, 1.82) is 0 Å². The third-order valence-corrected chi connectivity index (χ3v) is 7.02. The molecule has 0 radical (unpaired) electrons. The monoisotopic (exact) mass is 479 g/mol. The van der Waals surface area contributed by atoms with Crippen molar-refractivity contribution in [3.8, 4) is 11.5 Å². The SMILES string of the molecule is COc1cc(COC2CN(C(=O)c3csc(SC)n3)CC(=O)N(C(C)C)C2)cc(OC)c1. The lowest BCUT2D eigenvalue weighted by atomic mass is 10.2. The maximum absolute atomic E-state index is 13.1. The summed E-state index contributed by atoms with van der Waals surface area (Å²) in [6.45, 7) is 4.95. The number of thiazole rings is 1. The van der Waals surface area contributed by atoms with E-state index in [0.717, 1.165) is 9.90 Å². The molecule has 0 N–H and O–H groups in total. The molecular weight excluding hydrogens is 450 g/mol. The molecule has 2 aromatic rings. The van der Waals surface area contributed by atoms with E-state index < -0.39 is 0 Å². The first-order chi connectivity index (χ1) is 15.3. The lowest BCUT2D eigenvalue weighted by Gasteiger charge is -2.27. The second-order valence-electron chi connectivity index (χ2n) is 7.68. The Morgan fingerprint density at radius 3 is 2.47 bits per heavy atom. The molecule has 174 valence electrons. The van der Waals surface area contributed by atoms with E-state index in [9.17, 15) is 9.59 Å². The fraction of sp³-hybridized carbons (Fsp3) is 0.500. The second kappa shape index (κ2) is 11.0. The number of ether oxygens (including phenoxy) is 3. The highest BCUT2D eigenvalue weighted by atomic mass is 32.2. The Hall–Kier alpha value is -2.30. The smallest absolute Gasteiger partial charge is 0.273 e. The molecule has 2 heterocycles. The molecule has 0 spiro atoms. The summed E-state index contributed by atoms with van der Waals surface area (Å²) < 4.78 is 17.7. The predicted octanol–water partition coefficient (Wildman–Crippen LogP) is 3.16. The van der Waals surface area contributed by atoms with E-state index in [0.29, 0.717) is 36.9 Å². The Labute approximate surface area is 196 Å². The molecule has 8 nitrogen and oxygen atoms in total. The van der Waals surface area contributed by atoms with Crippen LogP contribution in [-0.2, 0) is 16.1 Å². The van der Waals surface area contributed by atoms with Crippen LogP contribution in [-0.4, -0.2) is 78.9 Å². The van der Waals surface area contributed by atoms with Crippen LogP contribution in [0.3, 0.4) is 0 Å². The van der Waals surface area contributed by atoms with Gasteiger partial charge in [0.1, 0.15) is 28.1 Å². The molecule has 1 aliphatic rings. The highest BCUT2D eigenvalue weighted by Gasteiger charge is 2.33. The number of hydrogen-bond acceptors (Lipinski definition) is 8. The molecule has 1 aromatic carbocycles. The Morgan fingerprint density at radius 2 is 1.91 bits per heavy atom. The molecule has 32 heavy (non-hydrogen) atoms. The summed E-state index contributed by atoms with van der Waals surface area (Å²) in [6.07, 6.45) is 1.57. The molecule has 10 heteroatoms. The van der Waals surface area contributed by atoms with Gasteiger partial charge >= 0.3 is 0 Å². The Kier molecular flexibility index (Phi) is 8.38. The van der Waals surface area contributed by atoms with Gasteiger partial charge in [0.2, 0.25) is 5.91 Å². The fourth-order valence-corrected chi connectivity index (χ4v) is 4.71. The number of nitrogens with zero attached hydrogens (tertiary/aromatic N) is 3. The highest BCUT2D eigenvalue weighted by molar-refractivity contribution is 8.00. The second-order valence-corrected chi connectivity index (χ2v) is 9.59. The number of amides is 2. The normalized spacial score (nSPS) is 16.9. The zero-order valence-electron chi connectivity index (χ0n) is 19.0. The molecule has 2 amide bonds. The van der Waals surface area contributed by atoms with E-state index in [1.54, 1.807) is 35.5 Å². The van der Waals surface area contributed by atoms with Gasteiger partial charge in [-0.1, -0.05) is 11.8 Å². The maximum atomic E-state index is 13.1. The van der Waals surface area contributed by atoms with Crippen molar-refractivity contribution in [2.24, 2.45) is 0 Å². The standard InChI is InChI=1S/C22H29N3O5S2/c1-14(2)25-10-18(30-12-15-6-16(28-3)8-17(7-15)29-4)9-24(11-20(25)26)21(27)19-13-32-22(23-19)31-5/h6-8,13-14,18H,9-12H2,1-5H3. The summed E-state index contributed by atoms with van der Waals surface area (Å²) in [6, 6.07) is 5.56. The molecule has 0 aliphatic carbocycles. The predicted molar refractivity (Wildman–Crippen MR) is 125 cm³/mol. The van der Waals surface area contributed by atoms with Gasteiger partial charge in [0.15, 0.2) is 0 Å². The van der Waals surface area contributed by atoms with Gasteiger partial charge in [0.05, 0.1) is 26.9 Å². The van der Waals surface area contributed by atoms with Crippen molar-refractivity contribution in [3.05, 3.63) is 34.8 Å². The van der Waals surface area contributed by atoms with Gasteiger partial charge in [-0.3, -0.25) is 9.59 Å². The summed E-state index contributed by atoms with van der Waals surface area (Å²) >= 11 is 2.91. The number of methoxy groups -OCH3 is 2. The van der Waals surface area contributed by atoms with Gasteiger partial charge in [-0.2, -0.15) is 0 Å². The number of thioether (sulfide) groups is 1. The largest absolute Gasteiger partial charge is 0.497 e. The van der Waals surface area contributed by atoms with Gasteiger partial charge in [0.25, 0.3) is 5.91 Å². The number of carbonyl (C=O) groups excluding carboxylic acids is 2. The van der Waals surface area contributed by atoms with Crippen LogP contribution in [0.2, 0.25) is 0 Å². The summed E-state index contributed by atoms with van der Waals surface area (Å²) in [4.78, 5) is 33.6. The van der Waals surface area contributed by atoms with E-state index >= 15 is 0 Å². The Balaban J connectivity index is 1.78. The quantitative estimate of drug-likeness (QED) is 0.538. The minimum Gasteiger partial charge on any atom is -0.497 e. The molecule has 0 bridgehead atoms. The van der Waals surface area contributed by atoms with Crippen LogP contribution in [0.4, 0.5) is 0 Å². The first-order valence-corrected chi connectivity index (χ1v) is 12.4. The lowest BCUT2D eigenvalue weighted by Crippen LogP contribution is -2.42. The zero-order valence-corrected chi connectivity index (χ0v) is 20.6. The van der Waals surface area contributed by atoms with Gasteiger partial charge in [0, 0.05) is 30.6 Å². The summed E-state index contributed by atoms with van der Waals surface area (Å²) in [7, 11) is 3.20. The van der Waals surface area contributed by atoms with Gasteiger partial charge in [-0.15, -0.1) is 11.3 Å². The minimum atomic E-state index is -0.344. The van der Waals surface area contributed by atoms with Gasteiger partial charge < -0.3 is 24.0 Å². The number of benzene rings is 1. The van der Waals surface area contributed by atoms with Crippen LogP contribution in [0, 0.1) is 0 Å². The van der Waals surface area contributed by atoms with Crippen LogP contribution in [0.5, 0.6) is 11.5 Å². The van der Waals surface area contributed by atoms with E-state index in [1.807, 2.05) is 32.2 Å². The van der Waals surface area contributed by atoms with Crippen molar-refractivity contribution >= 4 is 34.9 Å². The molecule has 0 saturated carbocycles. The minimum absolute atomic E-state index is 0.00271. The van der Waals surface area contributed by atoms with Crippen molar-refractivity contribution < 1.29 is 23.8 Å². The zero-order chi connectivity index (χ0) is 23.3. The van der Waals surface area contributed by atoms with Crippen molar-refractivity contribution in [3.63, 3.8) is 0 Å². The molecule has 1 fully saturated rings. The summed E-state index contributed by atoms with van der Waals surface area (Å²) in [5, 5.41) is 1.74. The Morgan fingerprint density at radius 1 is 1.22 bits per heavy atom. The topological polar surface area (TPSA) is 81.2 Å². The average Bonchev–Trinajstić information content (AvgIpc) is 3.21. The Bertz CT molecular complexity index is 927. The fourth-order valence-electron chi connectivity index (χ4n) is 3.48. The molecule has 1 aromatic heterocycles. The molecule has 1 saturated heterocycles. The maximum Gasteiger partial charge on any atom is 0.273 e. The lowest BCUT2D eigenvalue weighted by molar-refractivity contribution is -0.133.